The van der Waals surface area contributed by atoms with E-state index < -0.39 is 0 Å². The van der Waals surface area contributed by atoms with Gasteiger partial charge in [0.1, 0.15) is 0 Å². The van der Waals surface area contributed by atoms with Gasteiger partial charge in [-0.25, -0.2) is 0 Å². The van der Waals surface area contributed by atoms with E-state index in [9.17, 15) is 0 Å². The molecule has 6 heteroatoms. The second kappa shape index (κ2) is 76.8. The van der Waals surface area contributed by atoms with Crippen LogP contribution in [-0.2, 0) is 17.1 Å². The molecular formula is H12CuGa2O3. The van der Waals surface area contributed by atoms with Gasteiger partial charge in [-0.15, -0.1) is 0 Å². The molecular weight excluding hydrogens is 251 g/mol. The first kappa shape index (κ1) is 122. The molecule has 0 saturated heterocycles. The number of hydrogen-bond acceptors (Lipinski definition) is 0. The Balaban J connectivity index is 0. The fraction of sp³-hybridized carbons (Fsp3) is 0. The first-order chi connectivity index (χ1) is 0. The topological polar surface area (TPSA) is 94.5 Å². The molecule has 3 nitrogen and oxygen atoms in total. The summed E-state index contributed by atoms with van der Waals surface area (Å²) in [6.45, 7) is 0. The summed E-state index contributed by atoms with van der Waals surface area (Å²) in [5, 5.41) is 0. The van der Waals surface area contributed by atoms with Gasteiger partial charge in [0.05, 0.1) is 0 Å². The maximum absolute atomic E-state index is 0. The SMILES string of the molecule is O.O.O.[Cu].[GaH3].[GaH3]. The molecule has 0 fully saturated rings. The van der Waals surface area contributed by atoms with Gasteiger partial charge in [0, 0.05) is 17.1 Å². The average Bonchev–Trinajstić information content (AvgIpc) is 0. The number of rotatable bonds is 0. The van der Waals surface area contributed by atoms with Crippen molar-refractivity contribution in [3.05, 3.63) is 0 Å². The van der Waals surface area contributed by atoms with Gasteiger partial charge >= 0.3 is 39.6 Å². The van der Waals surface area contributed by atoms with Gasteiger partial charge in [0.2, 0.25) is 0 Å². The summed E-state index contributed by atoms with van der Waals surface area (Å²) in [5.41, 5.74) is 0. The zero-order valence-electron chi connectivity index (χ0n) is 1.80. The van der Waals surface area contributed by atoms with E-state index >= 15 is 0 Å². The van der Waals surface area contributed by atoms with Crippen LogP contribution in [0.1, 0.15) is 0 Å². The Bertz CT molecular complexity index is 8.75. The molecule has 0 aromatic carbocycles. The third kappa shape index (κ3) is 44.3. The summed E-state index contributed by atoms with van der Waals surface area (Å²) in [6.07, 6.45) is 0. The molecule has 0 heterocycles. The van der Waals surface area contributed by atoms with Crippen LogP contribution >= 0.6 is 0 Å². The van der Waals surface area contributed by atoms with Gasteiger partial charge < -0.3 is 16.4 Å². The van der Waals surface area contributed by atoms with Crippen molar-refractivity contribution < 1.29 is 33.5 Å². The van der Waals surface area contributed by atoms with Gasteiger partial charge in [-0.3, -0.25) is 0 Å². The van der Waals surface area contributed by atoms with Gasteiger partial charge in [-0.05, 0) is 0 Å². The van der Waals surface area contributed by atoms with Gasteiger partial charge in [-0.2, -0.15) is 0 Å². The van der Waals surface area contributed by atoms with Crippen molar-refractivity contribution in [2.75, 3.05) is 0 Å². The summed E-state index contributed by atoms with van der Waals surface area (Å²) in [4.78, 5) is 0. The molecule has 0 bridgehead atoms. The molecule has 0 unspecified atom stereocenters. The molecule has 0 aromatic rings. The minimum atomic E-state index is 0. The quantitative estimate of drug-likeness (QED) is 0.392. The van der Waals surface area contributed by atoms with Crippen LogP contribution in [0.25, 0.3) is 0 Å². The van der Waals surface area contributed by atoms with E-state index in [-0.39, 0.29) is 73.1 Å². The molecule has 0 rings (SSSR count). The molecule has 6 N–H and O–H groups in total. The van der Waals surface area contributed by atoms with Crippen molar-refractivity contribution in [3.63, 3.8) is 0 Å². The summed E-state index contributed by atoms with van der Waals surface area (Å²) >= 11 is 0. The zero-order chi connectivity index (χ0) is 0. The zero-order valence-corrected chi connectivity index (χ0v) is 2.74. The molecule has 1 radical (unpaired) electrons. The normalized spacial score (nSPS) is 0. The molecule has 6 heavy (non-hydrogen) atoms. The van der Waals surface area contributed by atoms with Crippen molar-refractivity contribution in [1.29, 1.82) is 0 Å². The first-order valence-corrected chi connectivity index (χ1v) is 0. The molecule has 0 saturated carbocycles. The summed E-state index contributed by atoms with van der Waals surface area (Å²) in [7, 11) is 0. The van der Waals surface area contributed by atoms with Crippen LogP contribution in [0, 0.1) is 0 Å². The van der Waals surface area contributed by atoms with E-state index in [0.717, 1.165) is 0 Å². The average molecular weight is 263 g/mol. The van der Waals surface area contributed by atoms with Crippen LogP contribution in [0.2, 0.25) is 0 Å². The third-order valence-electron chi connectivity index (χ3n) is 0. The molecule has 0 atom stereocenters. The Hall–Kier alpha value is 1.67. The Morgan fingerprint density at radius 1 is 0.500 bits per heavy atom. The van der Waals surface area contributed by atoms with E-state index in [4.69, 9.17) is 0 Å². The van der Waals surface area contributed by atoms with Gasteiger partial charge in [-0.1, -0.05) is 0 Å². The first-order valence-electron chi connectivity index (χ1n) is 0. The van der Waals surface area contributed by atoms with Crippen LogP contribution in [-0.4, -0.2) is 56.0 Å². The molecule has 0 amide bonds. The Morgan fingerprint density at radius 3 is 0.500 bits per heavy atom. The Morgan fingerprint density at radius 2 is 0.500 bits per heavy atom. The minimum absolute atomic E-state index is 0. The van der Waals surface area contributed by atoms with E-state index in [0.29, 0.717) is 0 Å². The molecule has 47 valence electrons. The molecule has 0 aliphatic rings. The van der Waals surface area contributed by atoms with E-state index in [1.807, 2.05) is 0 Å². The van der Waals surface area contributed by atoms with E-state index in [1.165, 1.54) is 0 Å². The van der Waals surface area contributed by atoms with E-state index in [1.54, 1.807) is 0 Å². The molecule has 0 spiro atoms. The summed E-state index contributed by atoms with van der Waals surface area (Å²) < 4.78 is 0. The third-order valence-corrected chi connectivity index (χ3v) is 0. The standard InChI is InChI=1S/Cu.2Ga.3H2O.6H/h;;;3*1H2;;;;;;. The van der Waals surface area contributed by atoms with Crippen LogP contribution < -0.4 is 0 Å². The van der Waals surface area contributed by atoms with Crippen LogP contribution in [0.5, 0.6) is 0 Å². The Labute approximate surface area is 72.8 Å². The molecule has 0 aromatic heterocycles. The van der Waals surface area contributed by atoms with Crippen LogP contribution in [0.3, 0.4) is 0 Å². The monoisotopic (exact) mass is 261 g/mol. The van der Waals surface area contributed by atoms with Crippen LogP contribution in [0.15, 0.2) is 0 Å². The van der Waals surface area contributed by atoms with Crippen molar-refractivity contribution in [2.45, 2.75) is 0 Å². The Kier molecular flexibility index (Phi) is 1560. The van der Waals surface area contributed by atoms with Crippen molar-refractivity contribution in [1.82, 2.24) is 0 Å². The summed E-state index contributed by atoms with van der Waals surface area (Å²) in [5.74, 6) is 0. The molecule has 0 aliphatic carbocycles. The predicted octanol–water partition coefficient (Wildman–Crippen LogP) is -4.84. The molecule has 0 aliphatic heterocycles. The van der Waals surface area contributed by atoms with Gasteiger partial charge in [0.15, 0.2) is 0 Å². The number of hydrogen-bond donors (Lipinski definition) is 0. The fourth-order valence-electron chi connectivity index (χ4n) is 0. The van der Waals surface area contributed by atoms with Crippen LogP contribution in [0.4, 0.5) is 0 Å². The van der Waals surface area contributed by atoms with E-state index in [2.05, 4.69) is 0 Å². The van der Waals surface area contributed by atoms with Gasteiger partial charge in [0.25, 0.3) is 0 Å². The second-order valence-electron chi connectivity index (χ2n) is 0. The second-order valence-corrected chi connectivity index (χ2v) is 0. The van der Waals surface area contributed by atoms with Crippen molar-refractivity contribution in [3.8, 4) is 0 Å². The maximum atomic E-state index is 0. The summed E-state index contributed by atoms with van der Waals surface area (Å²) in [6, 6.07) is 0. The van der Waals surface area contributed by atoms with Crippen molar-refractivity contribution in [2.24, 2.45) is 0 Å². The van der Waals surface area contributed by atoms with Crippen molar-refractivity contribution >= 4 is 39.6 Å². The fourth-order valence-corrected chi connectivity index (χ4v) is 0. The predicted molar refractivity (Wildman–Crippen MR) is 30.7 cm³/mol.